The van der Waals surface area contributed by atoms with Crippen molar-refractivity contribution in [3.63, 3.8) is 0 Å². The van der Waals surface area contributed by atoms with E-state index in [9.17, 15) is 5.11 Å². The first kappa shape index (κ1) is 16.3. The van der Waals surface area contributed by atoms with Crippen molar-refractivity contribution < 1.29 is 9.84 Å². The fourth-order valence-corrected chi connectivity index (χ4v) is 3.44. The number of piperidine rings is 1. The minimum absolute atomic E-state index is 0.439. The Morgan fingerprint density at radius 2 is 2.05 bits per heavy atom. The third kappa shape index (κ3) is 3.78. The molecular weight excluding hydrogens is 262 g/mol. The lowest BCUT2D eigenvalue weighted by atomic mass is 9.85. The molecule has 1 aromatic rings. The van der Waals surface area contributed by atoms with Gasteiger partial charge in [-0.2, -0.15) is 0 Å². The van der Waals surface area contributed by atoms with Gasteiger partial charge in [0.2, 0.25) is 0 Å². The molecule has 1 heterocycles. The minimum atomic E-state index is -0.439. The van der Waals surface area contributed by atoms with Gasteiger partial charge >= 0.3 is 0 Å². The number of benzene rings is 1. The first-order chi connectivity index (χ1) is 9.92. The number of aliphatic hydroxyl groups is 1. The number of methoxy groups -OCH3 is 1. The number of aliphatic hydroxyl groups excluding tert-OH is 1. The Morgan fingerprint density at radius 1 is 1.33 bits per heavy atom. The Kier molecular flexibility index (Phi) is 5.28. The summed E-state index contributed by atoms with van der Waals surface area (Å²) in [6.45, 7) is 10.8. The van der Waals surface area contributed by atoms with Crippen LogP contribution >= 0.6 is 0 Å². The van der Waals surface area contributed by atoms with Gasteiger partial charge in [-0.15, -0.1) is 0 Å². The Balaban J connectivity index is 2.22. The molecule has 1 fully saturated rings. The quantitative estimate of drug-likeness (QED) is 0.919. The minimum Gasteiger partial charge on any atom is -0.496 e. The van der Waals surface area contributed by atoms with Crippen LogP contribution in [0.4, 0.5) is 0 Å². The van der Waals surface area contributed by atoms with E-state index < -0.39 is 6.10 Å². The van der Waals surface area contributed by atoms with Gasteiger partial charge in [0.1, 0.15) is 5.75 Å². The third-order valence-corrected chi connectivity index (χ3v) is 4.88. The average Bonchev–Trinajstić information content (AvgIpc) is 2.44. The Bertz CT molecular complexity index is 472. The van der Waals surface area contributed by atoms with Crippen LogP contribution in [0.2, 0.25) is 0 Å². The van der Waals surface area contributed by atoms with E-state index in [4.69, 9.17) is 4.74 Å². The Labute approximate surface area is 128 Å². The summed E-state index contributed by atoms with van der Waals surface area (Å²) in [5.41, 5.74) is 2.13. The molecule has 0 bridgehead atoms. The summed E-state index contributed by atoms with van der Waals surface area (Å²) in [5, 5.41) is 9.80. The molecule has 21 heavy (non-hydrogen) atoms. The molecule has 0 aliphatic carbocycles. The van der Waals surface area contributed by atoms with E-state index in [1.165, 1.54) is 12.0 Å². The normalized spacial score (nSPS) is 28.4. The summed E-state index contributed by atoms with van der Waals surface area (Å²) in [4.78, 5) is 2.54. The van der Waals surface area contributed by atoms with Gasteiger partial charge in [-0.25, -0.2) is 0 Å². The first-order valence-electron chi connectivity index (χ1n) is 8.01. The van der Waals surface area contributed by atoms with Gasteiger partial charge in [0.25, 0.3) is 0 Å². The highest BCUT2D eigenvalue weighted by Gasteiger charge is 2.29. The second kappa shape index (κ2) is 6.80. The zero-order valence-corrected chi connectivity index (χ0v) is 14.0. The smallest absolute Gasteiger partial charge is 0.123 e. The van der Waals surface area contributed by atoms with Gasteiger partial charge in [0.05, 0.1) is 13.2 Å². The topological polar surface area (TPSA) is 32.7 Å². The van der Waals surface area contributed by atoms with Crippen LogP contribution in [0.1, 0.15) is 51.3 Å². The highest BCUT2D eigenvalue weighted by Crippen LogP contribution is 2.31. The van der Waals surface area contributed by atoms with E-state index in [1.54, 1.807) is 14.0 Å². The number of hydrogen-bond acceptors (Lipinski definition) is 3. The van der Waals surface area contributed by atoms with Crippen LogP contribution < -0.4 is 4.74 Å². The molecule has 0 aromatic heterocycles. The molecule has 2 rings (SSSR count). The molecule has 4 unspecified atom stereocenters. The summed E-state index contributed by atoms with van der Waals surface area (Å²) in [6.07, 6.45) is 0.869. The molecular formula is C18H29NO2. The number of nitrogens with zero attached hydrogens (tertiary/aromatic N) is 1. The van der Waals surface area contributed by atoms with Crippen molar-refractivity contribution >= 4 is 0 Å². The predicted molar refractivity (Wildman–Crippen MR) is 86.4 cm³/mol. The molecule has 1 N–H and O–H groups in total. The second-order valence-corrected chi connectivity index (χ2v) is 6.74. The van der Waals surface area contributed by atoms with Crippen molar-refractivity contribution in [2.24, 2.45) is 11.8 Å². The van der Waals surface area contributed by atoms with Crippen molar-refractivity contribution in [1.29, 1.82) is 0 Å². The largest absolute Gasteiger partial charge is 0.496 e. The molecule has 3 nitrogen and oxygen atoms in total. The average molecular weight is 291 g/mol. The number of likely N-dealkylation sites (tertiary alicyclic amines) is 1. The lowest BCUT2D eigenvalue weighted by molar-refractivity contribution is 0.0721. The maximum Gasteiger partial charge on any atom is 0.123 e. The zero-order valence-electron chi connectivity index (χ0n) is 14.0. The number of hydrogen-bond donors (Lipinski definition) is 1. The SMILES string of the molecule is COc1ccc(C(C)O)cc1CN1CC(C)CC(C)C1C. The molecule has 3 heteroatoms. The van der Waals surface area contributed by atoms with Gasteiger partial charge in [-0.05, 0) is 49.8 Å². The summed E-state index contributed by atoms with van der Waals surface area (Å²) < 4.78 is 5.50. The Hall–Kier alpha value is -1.06. The lowest BCUT2D eigenvalue weighted by Gasteiger charge is -2.41. The Morgan fingerprint density at radius 3 is 2.67 bits per heavy atom. The van der Waals surface area contributed by atoms with Crippen molar-refractivity contribution in [2.45, 2.75) is 52.8 Å². The van der Waals surface area contributed by atoms with Crippen molar-refractivity contribution in [1.82, 2.24) is 4.90 Å². The van der Waals surface area contributed by atoms with E-state index in [0.29, 0.717) is 6.04 Å². The zero-order chi connectivity index (χ0) is 15.6. The molecule has 0 spiro atoms. The maximum atomic E-state index is 9.80. The fraction of sp³-hybridized carbons (Fsp3) is 0.667. The summed E-state index contributed by atoms with van der Waals surface area (Å²) in [6, 6.07) is 6.58. The fourth-order valence-electron chi connectivity index (χ4n) is 3.44. The molecule has 1 aliphatic heterocycles. The van der Waals surface area contributed by atoms with E-state index in [1.807, 2.05) is 12.1 Å². The molecule has 1 aliphatic rings. The molecule has 1 aromatic carbocycles. The van der Waals surface area contributed by atoms with Gasteiger partial charge in [0, 0.05) is 24.7 Å². The van der Waals surface area contributed by atoms with E-state index in [0.717, 1.165) is 36.2 Å². The monoisotopic (exact) mass is 291 g/mol. The third-order valence-electron chi connectivity index (χ3n) is 4.88. The van der Waals surface area contributed by atoms with Crippen LogP contribution in [-0.2, 0) is 6.54 Å². The van der Waals surface area contributed by atoms with Crippen LogP contribution in [-0.4, -0.2) is 29.7 Å². The molecule has 4 atom stereocenters. The summed E-state index contributed by atoms with van der Waals surface area (Å²) in [7, 11) is 1.71. The molecule has 1 saturated heterocycles. The maximum absolute atomic E-state index is 9.80. The second-order valence-electron chi connectivity index (χ2n) is 6.74. The number of ether oxygens (including phenoxy) is 1. The van der Waals surface area contributed by atoms with Crippen molar-refractivity contribution in [3.8, 4) is 5.75 Å². The van der Waals surface area contributed by atoms with E-state index in [2.05, 4.69) is 31.7 Å². The van der Waals surface area contributed by atoms with Gasteiger partial charge in [-0.1, -0.05) is 19.9 Å². The van der Waals surface area contributed by atoms with Gasteiger partial charge in [0.15, 0.2) is 0 Å². The number of rotatable bonds is 4. The van der Waals surface area contributed by atoms with Crippen molar-refractivity contribution in [3.05, 3.63) is 29.3 Å². The molecule has 118 valence electrons. The highest BCUT2D eigenvalue weighted by molar-refractivity contribution is 5.38. The van der Waals surface area contributed by atoms with Gasteiger partial charge in [-0.3, -0.25) is 4.90 Å². The first-order valence-corrected chi connectivity index (χ1v) is 8.01. The molecule has 0 radical (unpaired) electrons. The van der Waals surface area contributed by atoms with E-state index in [-0.39, 0.29) is 0 Å². The van der Waals surface area contributed by atoms with Crippen LogP contribution in [0.15, 0.2) is 18.2 Å². The van der Waals surface area contributed by atoms with Crippen LogP contribution in [0.5, 0.6) is 5.75 Å². The van der Waals surface area contributed by atoms with Gasteiger partial charge < -0.3 is 9.84 Å². The molecule has 0 amide bonds. The van der Waals surface area contributed by atoms with Crippen molar-refractivity contribution in [2.75, 3.05) is 13.7 Å². The molecule has 0 saturated carbocycles. The highest BCUT2D eigenvalue weighted by atomic mass is 16.5. The van der Waals surface area contributed by atoms with Crippen LogP contribution in [0, 0.1) is 11.8 Å². The predicted octanol–water partition coefficient (Wildman–Crippen LogP) is 3.61. The van der Waals surface area contributed by atoms with Crippen LogP contribution in [0.3, 0.4) is 0 Å². The summed E-state index contributed by atoms with van der Waals surface area (Å²) >= 11 is 0. The lowest BCUT2D eigenvalue weighted by Crippen LogP contribution is -2.45. The standard InChI is InChI=1S/C18H29NO2/c1-12-8-13(2)14(3)19(10-12)11-17-9-16(15(4)20)6-7-18(17)21-5/h6-7,9,12-15,20H,8,10-11H2,1-5H3. The van der Waals surface area contributed by atoms with E-state index >= 15 is 0 Å². The summed E-state index contributed by atoms with van der Waals surface area (Å²) in [5.74, 6) is 2.37. The van der Waals surface area contributed by atoms with Crippen LogP contribution in [0.25, 0.3) is 0 Å².